The number of rotatable bonds is 5. The highest BCUT2D eigenvalue weighted by Crippen LogP contribution is 2.13. The van der Waals surface area contributed by atoms with Crippen LogP contribution in [0.2, 0.25) is 0 Å². The zero-order chi connectivity index (χ0) is 13.0. The van der Waals surface area contributed by atoms with E-state index in [0.717, 1.165) is 25.6 Å². The van der Waals surface area contributed by atoms with Gasteiger partial charge < -0.3 is 15.8 Å². The number of nitrogens with one attached hydrogen (secondary N) is 1. The number of carbonyl (C=O) groups is 1. The minimum Gasteiger partial charge on any atom is -0.376 e. The molecule has 1 heterocycles. The standard InChI is InChI=1S/C13H17FN2O2/c14-12-5-10(13(15)17)1-2-11(12)8-18-7-9-3-4-16-6-9/h1-2,5,9,16H,3-4,6-8H2,(H2,15,17). The highest BCUT2D eigenvalue weighted by molar-refractivity contribution is 5.92. The molecule has 0 aromatic heterocycles. The van der Waals surface area contributed by atoms with Crippen molar-refractivity contribution >= 4 is 5.91 Å². The van der Waals surface area contributed by atoms with Crippen molar-refractivity contribution in [3.05, 3.63) is 35.1 Å². The van der Waals surface area contributed by atoms with Crippen LogP contribution in [0.4, 0.5) is 4.39 Å². The molecule has 0 saturated carbocycles. The number of hydrogen-bond acceptors (Lipinski definition) is 3. The van der Waals surface area contributed by atoms with E-state index in [1.165, 1.54) is 6.07 Å². The quantitative estimate of drug-likeness (QED) is 0.823. The molecule has 1 atom stereocenters. The maximum Gasteiger partial charge on any atom is 0.248 e. The predicted molar refractivity (Wildman–Crippen MR) is 65.6 cm³/mol. The van der Waals surface area contributed by atoms with Crippen molar-refractivity contribution in [3.63, 3.8) is 0 Å². The lowest BCUT2D eigenvalue weighted by atomic mass is 10.1. The summed E-state index contributed by atoms with van der Waals surface area (Å²) in [4.78, 5) is 10.9. The van der Waals surface area contributed by atoms with Gasteiger partial charge in [-0.25, -0.2) is 4.39 Å². The van der Waals surface area contributed by atoms with Crippen LogP contribution in [0, 0.1) is 11.7 Å². The molecule has 1 aromatic rings. The van der Waals surface area contributed by atoms with Gasteiger partial charge in [0.15, 0.2) is 0 Å². The number of benzene rings is 1. The van der Waals surface area contributed by atoms with E-state index < -0.39 is 11.7 Å². The molecule has 1 unspecified atom stereocenters. The van der Waals surface area contributed by atoms with Crippen molar-refractivity contribution in [1.29, 1.82) is 0 Å². The summed E-state index contributed by atoms with van der Waals surface area (Å²) >= 11 is 0. The lowest BCUT2D eigenvalue weighted by Crippen LogP contribution is -2.14. The molecule has 5 heteroatoms. The van der Waals surface area contributed by atoms with Crippen LogP contribution >= 0.6 is 0 Å². The maximum atomic E-state index is 13.6. The van der Waals surface area contributed by atoms with Crippen molar-refractivity contribution in [2.24, 2.45) is 11.7 Å². The Morgan fingerprint density at radius 1 is 1.56 bits per heavy atom. The molecule has 1 aliphatic rings. The second-order valence-electron chi connectivity index (χ2n) is 4.54. The summed E-state index contributed by atoms with van der Waals surface area (Å²) in [7, 11) is 0. The zero-order valence-corrected chi connectivity index (χ0v) is 10.1. The SMILES string of the molecule is NC(=O)c1ccc(COCC2CCNC2)c(F)c1. The third-order valence-electron chi connectivity index (χ3n) is 3.11. The molecule has 2 rings (SSSR count). The van der Waals surface area contributed by atoms with Crippen LogP contribution in [-0.4, -0.2) is 25.6 Å². The van der Waals surface area contributed by atoms with Gasteiger partial charge in [-0.15, -0.1) is 0 Å². The number of ether oxygens (including phenoxy) is 1. The van der Waals surface area contributed by atoms with Gasteiger partial charge in [-0.3, -0.25) is 4.79 Å². The molecule has 18 heavy (non-hydrogen) atoms. The smallest absolute Gasteiger partial charge is 0.248 e. The molecule has 1 saturated heterocycles. The van der Waals surface area contributed by atoms with Gasteiger partial charge in [0.2, 0.25) is 5.91 Å². The van der Waals surface area contributed by atoms with E-state index in [1.807, 2.05) is 0 Å². The fraction of sp³-hybridized carbons (Fsp3) is 0.462. The average Bonchev–Trinajstić information content (AvgIpc) is 2.84. The van der Waals surface area contributed by atoms with Crippen LogP contribution in [0.1, 0.15) is 22.3 Å². The van der Waals surface area contributed by atoms with Gasteiger partial charge in [0.05, 0.1) is 13.2 Å². The van der Waals surface area contributed by atoms with Crippen LogP contribution in [0.25, 0.3) is 0 Å². The first kappa shape index (κ1) is 13.0. The van der Waals surface area contributed by atoms with Gasteiger partial charge in [0, 0.05) is 17.7 Å². The third-order valence-corrected chi connectivity index (χ3v) is 3.11. The number of primary amides is 1. The van der Waals surface area contributed by atoms with Crippen molar-refractivity contribution < 1.29 is 13.9 Å². The molecule has 0 bridgehead atoms. The number of halogens is 1. The van der Waals surface area contributed by atoms with Crippen LogP contribution < -0.4 is 11.1 Å². The molecular formula is C13H17FN2O2. The number of amides is 1. The van der Waals surface area contributed by atoms with Gasteiger partial charge in [0.25, 0.3) is 0 Å². The Bertz CT molecular complexity index is 431. The summed E-state index contributed by atoms with van der Waals surface area (Å²) in [5.74, 6) is -0.563. The van der Waals surface area contributed by atoms with E-state index in [0.29, 0.717) is 18.1 Å². The molecule has 1 fully saturated rings. The lowest BCUT2D eigenvalue weighted by Gasteiger charge is -2.10. The third kappa shape index (κ3) is 3.27. The molecule has 0 aliphatic carbocycles. The van der Waals surface area contributed by atoms with E-state index in [2.05, 4.69) is 5.32 Å². The number of carbonyl (C=O) groups excluding carboxylic acids is 1. The largest absolute Gasteiger partial charge is 0.376 e. The van der Waals surface area contributed by atoms with Crippen LogP contribution in [0.5, 0.6) is 0 Å². The summed E-state index contributed by atoms with van der Waals surface area (Å²) in [5, 5.41) is 3.25. The van der Waals surface area contributed by atoms with Crippen molar-refractivity contribution in [1.82, 2.24) is 5.32 Å². The Labute approximate surface area is 105 Å². The Kier molecular flexibility index (Phi) is 4.28. The molecule has 0 spiro atoms. The second kappa shape index (κ2) is 5.93. The van der Waals surface area contributed by atoms with E-state index in [4.69, 9.17) is 10.5 Å². The Morgan fingerprint density at radius 2 is 2.39 bits per heavy atom. The van der Waals surface area contributed by atoms with Crippen molar-refractivity contribution in [2.45, 2.75) is 13.0 Å². The topological polar surface area (TPSA) is 64.4 Å². The highest BCUT2D eigenvalue weighted by Gasteiger charge is 2.14. The van der Waals surface area contributed by atoms with Gasteiger partial charge in [0.1, 0.15) is 5.82 Å². The minimum absolute atomic E-state index is 0.177. The maximum absolute atomic E-state index is 13.6. The molecule has 1 aliphatic heterocycles. The molecule has 98 valence electrons. The zero-order valence-electron chi connectivity index (χ0n) is 10.1. The average molecular weight is 252 g/mol. The van der Waals surface area contributed by atoms with Gasteiger partial charge in [-0.2, -0.15) is 0 Å². The molecule has 0 radical (unpaired) electrons. The Morgan fingerprint density at radius 3 is 3.00 bits per heavy atom. The number of nitrogens with two attached hydrogens (primary N) is 1. The number of hydrogen-bond donors (Lipinski definition) is 2. The van der Waals surface area contributed by atoms with Crippen LogP contribution in [0.15, 0.2) is 18.2 Å². The summed E-state index contributed by atoms with van der Waals surface area (Å²) < 4.78 is 19.1. The van der Waals surface area contributed by atoms with E-state index in [9.17, 15) is 9.18 Å². The van der Waals surface area contributed by atoms with Gasteiger partial charge in [-0.1, -0.05) is 6.07 Å². The fourth-order valence-corrected chi connectivity index (χ4v) is 2.01. The van der Waals surface area contributed by atoms with E-state index in [1.54, 1.807) is 6.07 Å². The Hall–Kier alpha value is -1.46. The second-order valence-corrected chi connectivity index (χ2v) is 4.54. The van der Waals surface area contributed by atoms with Crippen molar-refractivity contribution in [2.75, 3.05) is 19.7 Å². The molecule has 4 nitrogen and oxygen atoms in total. The fourth-order valence-electron chi connectivity index (χ4n) is 2.01. The minimum atomic E-state index is -0.626. The summed E-state index contributed by atoms with van der Waals surface area (Å²) in [6, 6.07) is 4.21. The van der Waals surface area contributed by atoms with E-state index >= 15 is 0 Å². The summed E-state index contributed by atoms with van der Waals surface area (Å²) in [5.41, 5.74) is 5.70. The molecule has 1 amide bonds. The lowest BCUT2D eigenvalue weighted by molar-refractivity contribution is 0.0904. The first-order valence-corrected chi connectivity index (χ1v) is 6.03. The molecule has 3 N–H and O–H groups in total. The van der Waals surface area contributed by atoms with Gasteiger partial charge in [-0.05, 0) is 31.0 Å². The van der Waals surface area contributed by atoms with E-state index in [-0.39, 0.29) is 12.2 Å². The predicted octanol–water partition coefficient (Wildman–Crippen LogP) is 1.05. The highest BCUT2D eigenvalue weighted by atomic mass is 19.1. The van der Waals surface area contributed by atoms with Crippen molar-refractivity contribution in [3.8, 4) is 0 Å². The van der Waals surface area contributed by atoms with Gasteiger partial charge >= 0.3 is 0 Å². The Balaban J connectivity index is 1.87. The first-order chi connectivity index (χ1) is 8.66. The summed E-state index contributed by atoms with van der Waals surface area (Å²) in [6.45, 7) is 2.84. The summed E-state index contributed by atoms with van der Waals surface area (Å²) in [6.07, 6.45) is 1.10. The molecule has 1 aromatic carbocycles. The first-order valence-electron chi connectivity index (χ1n) is 6.03. The monoisotopic (exact) mass is 252 g/mol. The molecular weight excluding hydrogens is 235 g/mol. The normalized spacial score (nSPS) is 19.1. The van der Waals surface area contributed by atoms with Crippen LogP contribution in [0.3, 0.4) is 0 Å². The van der Waals surface area contributed by atoms with Crippen LogP contribution in [-0.2, 0) is 11.3 Å².